The monoisotopic (exact) mass is 298 g/mol. The highest BCUT2D eigenvalue weighted by Gasteiger charge is 2.32. The maximum Gasteiger partial charge on any atom is 0.315 e. The minimum atomic E-state index is -1.00. The van der Waals surface area contributed by atoms with Crippen LogP contribution in [0.25, 0.3) is 21.5 Å². The molecule has 21 heavy (non-hydrogen) atoms. The number of carbonyl (C=O) groups is 1. The van der Waals surface area contributed by atoms with E-state index in [4.69, 9.17) is 0 Å². The first-order chi connectivity index (χ1) is 10.00. The standard InChI is InChI=1S/C16H14N2O2S/c1-16(2,15(19)20)12-9-21-14(18-12)13-11-6-4-3-5-10(11)7-8-17-13/h3-9H,1-2H3,(H,19,20). The van der Waals surface area contributed by atoms with Crippen LogP contribution in [0.1, 0.15) is 19.5 Å². The number of fused-ring (bicyclic) bond motifs is 1. The van der Waals surface area contributed by atoms with Gasteiger partial charge in [-0.05, 0) is 25.3 Å². The molecular weight excluding hydrogens is 284 g/mol. The van der Waals surface area contributed by atoms with Crippen LogP contribution in [0.3, 0.4) is 0 Å². The third kappa shape index (κ3) is 2.29. The molecule has 0 aliphatic heterocycles. The van der Waals surface area contributed by atoms with Crippen LogP contribution < -0.4 is 0 Å². The number of nitrogens with zero attached hydrogens (tertiary/aromatic N) is 2. The van der Waals surface area contributed by atoms with E-state index in [0.29, 0.717) is 5.69 Å². The zero-order chi connectivity index (χ0) is 15.0. The maximum atomic E-state index is 11.3. The third-order valence-corrected chi connectivity index (χ3v) is 4.40. The summed E-state index contributed by atoms with van der Waals surface area (Å²) >= 11 is 1.42. The van der Waals surface area contributed by atoms with Crippen molar-refractivity contribution in [2.75, 3.05) is 0 Å². The molecule has 3 aromatic rings. The normalized spacial score (nSPS) is 11.7. The predicted molar refractivity (Wildman–Crippen MR) is 83.5 cm³/mol. The van der Waals surface area contributed by atoms with E-state index in [9.17, 15) is 9.90 Å². The lowest BCUT2D eigenvalue weighted by Gasteiger charge is -2.15. The van der Waals surface area contributed by atoms with Gasteiger partial charge in [0.15, 0.2) is 0 Å². The Bertz CT molecular complexity index is 819. The molecule has 2 heterocycles. The second-order valence-electron chi connectivity index (χ2n) is 5.35. The van der Waals surface area contributed by atoms with Gasteiger partial charge in [0.25, 0.3) is 0 Å². The molecule has 3 rings (SSSR count). The molecule has 0 spiro atoms. The van der Waals surface area contributed by atoms with Gasteiger partial charge in [-0.1, -0.05) is 24.3 Å². The molecular formula is C16H14N2O2S. The highest BCUT2D eigenvalue weighted by Crippen LogP contribution is 2.32. The maximum absolute atomic E-state index is 11.3. The van der Waals surface area contributed by atoms with E-state index in [1.165, 1.54) is 11.3 Å². The van der Waals surface area contributed by atoms with Crippen molar-refractivity contribution in [1.82, 2.24) is 9.97 Å². The number of hydrogen-bond acceptors (Lipinski definition) is 4. The fourth-order valence-corrected chi connectivity index (χ4v) is 3.07. The second-order valence-corrected chi connectivity index (χ2v) is 6.21. The van der Waals surface area contributed by atoms with Gasteiger partial charge in [0, 0.05) is 17.0 Å². The molecule has 106 valence electrons. The summed E-state index contributed by atoms with van der Waals surface area (Å²) < 4.78 is 0. The average Bonchev–Trinajstić information content (AvgIpc) is 2.97. The van der Waals surface area contributed by atoms with E-state index in [-0.39, 0.29) is 0 Å². The average molecular weight is 298 g/mol. The molecule has 5 heteroatoms. The summed E-state index contributed by atoms with van der Waals surface area (Å²) in [7, 11) is 0. The quantitative estimate of drug-likeness (QED) is 0.800. The predicted octanol–water partition coefficient (Wildman–Crippen LogP) is 3.72. The van der Waals surface area contributed by atoms with Gasteiger partial charge in [-0.2, -0.15) is 0 Å². The number of rotatable bonds is 3. The van der Waals surface area contributed by atoms with Crippen molar-refractivity contribution >= 4 is 28.1 Å². The number of carboxylic acids is 1. The van der Waals surface area contributed by atoms with Crippen molar-refractivity contribution in [3.8, 4) is 10.7 Å². The van der Waals surface area contributed by atoms with Gasteiger partial charge in [0.2, 0.25) is 0 Å². The van der Waals surface area contributed by atoms with E-state index >= 15 is 0 Å². The van der Waals surface area contributed by atoms with E-state index in [1.807, 2.05) is 30.3 Å². The molecule has 0 fully saturated rings. The Morgan fingerprint density at radius 1 is 1.24 bits per heavy atom. The Kier molecular flexibility index (Phi) is 3.22. The SMILES string of the molecule is CC(C)(C(=O)O)c1csc(-c2nccc3ccccc23)n1. The second kappa shape index (κ2) is 4.93. The van der Waals surface area contributed by atoms with Crippen molar-refractivity contribution in [3.63, 3.8) is 0 Å². The van der Waals surface area contributed by atoms with Gasteiger partial charge in [-0.25, -0.2) is 4.98 Å². The summed E-state index contributed by atoms with van der Waals surface area (Å²) in [6.07, 6.45) is 1.75. The van der Waals surface area contributed by atoms with Crippen LogP contribution in [0, 0.1) is 0 Å². The molecule has 0 aliphatic rings. The van der Waals surface area contributed by atoms with Gasteiger partial charge >= 0.3 is 5.97 Å². The lowest BCUT2D eigenvalue weighted by atomic mass is 9.90. The zero-order valence-corrected chi connectivity index (χ0v) is 12.5. The van der Waals surface area contributed by atoms with Crippen molar-refractivity contribution in [2.45, 2.75) is 19.3 Å². The summed E-state index contributed by atoms with van der Waals surface area (Å²) in [6.45, 7) is 3.31. The van der Waals surface area contributed by atoms with Crippen LogP contribution in [0.2, 0.25) is 0 Å². The Balaban J connectivity index is 2.13. The molecule has 1 aromatic carbocycles. The number of carboxylic acid groups (broad SMARTS) is 1. The zero-order valence-electron chi connectivity index (χ0n) is 11.7. The fraction of sp³-hybridized carbons (Fsp3) is 0.188. The molecule has 0 radical (unpaired) electrons. The lowest BCUT2D eigenvalue weighted by molar-refractivity contribution is -0.142. The van der Waals surface area contributed by atoms with Crippen molar-refractivity contribution in [1.29, 1.82) is 0 Å². The number of aliphatic carboxylic acids is 1. The molecule has 0 aliphatic carbocycles. The van der Waals surface area contributed by atoms with Crippen LogP contribution in [-0.4, -0.2) is 21.0 Å². The molecule has 0 atom stereocenters. The van der Waals surface area contributed by atoms with E-state index in [0.717, 1.165) is 21.5 Å². The molecule has 0 amide bonds. The molecule has 0 bridgehead atoms. The van der Waals surface area contributed by atoms with Crippen molar-refractivity contribution < 1.29 is 9.90 Å². The van der Waals surface area contributed by atoms with E-state index in [2.05, 4.69) is 9.97 Å². The first-order valence-electron chi connectivity index (χ1n) is 6.53. The summed E-state index contributed by atoms with van der Waals surface area (Å²) in [5.74, 6) is -0.884. The van der Waals surface area contributed by atoms with Gasteiger partial charge in [0.05, 0.1) is 5.69 Å². The van der Waals surface area contributed by atoms with Gasteiger partial charge in [-0.15, -0.1) is 11.3 Å². The molecule has 0 saturated heterocycles. The van der Waals surface area contributed by atoms with Gasteiger partial charge < -0.3 is 5.11 Å². The molecule has 0 saturated carbocycles. The minimum absolute atomic E-state index is 0.560. The highest BCUT2D eigenvalue weighted by molar-refractivity contribution is 7.13. The number of hydrogen-bond donors (Lipinski definition) is 1. The largest absolute Gasteiger partial charge is 0.481 e. The fourth-order valence-electron chi connectivity index (χ4n) is 2.07. The summed E-state index contributed by atoms with van der Waals surface area (Å²) in [6, 6.07) is 9.92. The number of aromatic nitrogens is 2. The minimum Gasteiger partial charge on any atom is -0.481 e. The van der Waals surface area contributed by atoms with Crippen LogP contribution in [0.15, 0.2) is 41.9 Å². The number of benzene rings is 1. The first-order valence-corrected chi connectivity index (χ1v) is 7.41. The van der Waals surface area contributed by atoms with Crippen LogP contribution in [-0.2, 0) is 10.2 Å². The van der Waals surface area contributed by atoms with Crippen molar-refractivity contribution in [3.05, 3.63) is 47.6 Å². The van der Waals surface area contributed by atoms with Crippen LogP contribution >= 0.6 is 11.3 Å². The Hall–Kier alpha value is -2.27. The number of pyridine rings is 1. The van der Waals surface area contributed by atoms with E-state index < -0.39 is 11.4 Å². The smallest absolute Gasteiger partial charge is 0.315 e. The third-order valence-electron chi connectivity index (χ3n) is 3.56. The van der Waals surface area contributed by atoms with Crippen LogP contribution in [0.5, 0.6) is 0 Å². The summed E-state index contributed by atoms with van der Waals surface area (Å²) in [5, 5.41) is 14.0. The lowest BCUT2D eigenvalue weighted by Crippen LogP contribution is -2.28. The van der Waals surface area contributed by atoms with Crippen molar-refractivity contribution in [2.24, 2.45) is 0 Å². The molecule has 1 N–H and O–H groups in total. The topological polar surface area (TPSA) is 63.1 Å². The Labute approximate surface area is 126 Å². The molecule has 2 aromatic heterocycles. The van der Waals surface area contributed by atoms with Gasteiger partial charge in [-0.3, -0.25) is 9.78 Å². The number of thiazole rings is 1. The molecule has 0 unspecified atom stereocenters. The molecule has 4 nitrogen and oxygen atoms in total. The van der Waals surface area contributed by atoms with Crippen LogP contribution in [0.4, 0.5) is 0 Å². The highest BCUT2D eigenvalue weighted by atomic mass is 32.1. The Morgan fingerprint density at radius 2 is 2.00 bits per heavy atom. The first kappa shape index (κ1) is 13.7. The Morgan fingerprint density at radius 3 is 2.76 bits per heavy atom. The van der Waals surface area contributed by atoms with E-state index in [1.54, 1.807) is 25.4 Å². The summed E-state index contributed by atoms with van der Waals surface area (Å²) in [4.78, 5) is 20.2. The summed E-state index contributed by atoms with van der Waals surface area (Å²) in [5.41, 5.74) is 0.356. The van der Waals surface area contributed by atoms with Gasteiger partial charge in [0.1, 0.15) is 16.1 Å².